The second kappa shape index (κ2) is 7.70. The second-order valence-corrected chi connectivity index (χ2v) is 6.62. The first kappa shape index (κ1) is 18.1. The van der Waals surface area contributed by atoms with E-state index in [1.807, 2.05) is 6.92 Å². The van der Waals surface area contributed by atoms with Gasteiger partial charge in [-0.3, -0.25) is 19.3 Å². The zero-order chi connectivity index (χ0) is 18.7. The van der Waals surface area contributed by atoms with Gasteiger partial charge in [0.25, 0.3) is 11.8 Å². The number of amides is 3. The summed E-state index contributed by atoms with van der Waals surface area (Å²) in [5, 5.41) is 3.34. The van der Waals surface area contributed by atoms with Gasteiger partial charge in [-0.05, 0) is 42.8 Å². The van der Waals surface area contributed by atoms with Crippen LogP contribution in [0.5, 0.6) is 0 Å². The van der Waals surface area contributed by atoms with Crippen LogP contribution in [0.4, 0.5) is 5.69 Å². The summed E-state index contributed by atoms with van der Waals surface area (Å²) in [5.74, 6) is -1.22. The van der Waals surface area contributed by atoms with Crippen molar-refractivity contribution in [3.8, 4) is 0 Å². The molecule has 3 rings (SSSR count). The molecule has 1 aliphatic heterocycles. The van der Waals surface area contributed by atoms with Gasteiger partial charge in [0.15, 0.2) is 0 Å². The highest BCUT2D eigenvalue weighted by molar-refractivity contribution is 6.30. The number of carbonyl (C=O) groups excluding carboxylic acids is 3. The largest absolute Gasteiger partial charge is 0.324 e. The van der Waals surface area contributed by atoms with Crippen molar-refractivity contribution in [2.45, 2.75) is 32.2 Å². The van der Waals surface area contributed by atoms with Crippen LogP contribution in [0.25, 0.3) is 0 Å². The van der Waals surface area contributed by atoms with Crippen molar-refractivity contribution in [1.29, 1.82) is 0 Å². The first-order valence-corrected chi connectivity index (χ1v) is 8.94. The van der Waals surface area contributed by atoms with Crippen molar-refractivity contribution in [2.75, 3.05) is 5.32 Å². The van der Waals surface area contributed by atoms with Crippen LogP contribution in [0.15, 0.2) is 48.5 Å². The summed E-state index contributed by atoms with van der Waals surface area (Å²) in [6.45, 7) is 2.00. The van der Waals surface area contributed by atoms with Gasteiger partial charge in [-0.2, -0.15) is 0 Å². The molecule has 6 heteroatoms. The Balaban J connectivity index is 1.86. The highest BCUT2D eigenvalue weighted by atomic mass is 35.5. The number of imide groups is 1. The fourth-order valence-electron chi connectivity index (χ4n) is 3.02. The predicted molar refractivity (Wildman–Crippen MR) is 100 cm³/mol. The second-order valence-electron chi connectivity index (χ2n) is 6.18. The first-order chi connectivity index (χ1) is 12.5. The number of nitrogens with one attached hydrogen (secondary N) is 1. The predicted octanol–water partition coefficient (Wildman–Crippen LogP) is 4.13. The molecule has 0 aromatic heterocycles. The molecule has 26 heavy (non-hydrogen) atoms. The van der Waals surface area contributed by atoms with Crippen molar-refractivity contribution in [3.05, 3.63) is 64.7 Å². The lowest BCUT2D eigenvalue weighted by Crippen LogP contribution is -2.47. The molecule has 1 N–H and O–H groups in total. The Morgan fingerprint density at radius 3 is 2.15 bits per heavy atom. The van der Waals surface area contributed by atoms with Gasteiger partial charge >= 0.3 is 0 Å². The molecule has 0 aliphatic carbocycles. The summed E-state index contributed by atoms with van der Waals surface area (Å²) in [5.41, 5.74) is 1.26. The van der Waals surface area contributed by atoms with Gasteiger partial charge in [0.05, 0.1) is 11.1 Å². The maximum absolute atomic E-state index is 12.8. The minimum Gasteiger partial charge on any atom is -0.324 e. The number of unbranched alkanes of at least 4 members (excludes halogenated alkanes) is 1. The summed E-state index contributed by atoms with van der Waals surface area (Å²) < 4.78 is 0. The molecule has 0 unspecified atom stereocenters. The first-order valence-electron chi connectivity index (χ1n) is 8.56. The van der Waals surface area contributed by atoms with Crippen LogP contribution in [0.3, 0.4) is 0 Å². The number of rotatable bonds is 6. The monoisotopic (exact) mass is 370 g/mol. The molecule has 1 heterocycles. The highest BCUT2D eigenvalue weighted by Gasteiger charge is 2.42. The summed E-state index contributed by atoms with van der Waals surface area (Å²) >= 11 is 5.86. The van der Waals surface area contributed by atoms with Crippen molar-refractivity contribution < 1.29 is 14.4 Å². The van der Waals surface area contributed by atoms with E-state index in [1.54, 1.807) is 48.5 Å². The fraction of sp³-hybridized carbons (Fsp3) is 0.250. The fourth-order valence-corrected chi connectivity index (χ4v) is 3.15. The van der Waals surface area contributed by atoms with Crippen LogP contribution in [0, 0.1) is 0 Å². The van der Waals surface area contributed by atoms with Gasteiger partial charge in [0, 0.05) is 10.7 Å². The zero-order valence-corrected chi connectivity index (χ0v) is 15.1. The standard InChI is InChI=1S/C20H19ClN2O3/c1-2-3-8-17(18(24)22-14-11-9-13(21)10-12-14)23-19(25)15-6-4-5-7-16(15)20(23)26/h4-7,9-12,17H,2-3,8H2,1H3,(H,22,24)/t17-/m0/s1. The Kier molecular flexibility index (Phi) is 5.38. The van der Waals surface area contributed by atoms with Gasteiger partial charge < -0.3 is 5.32 Å². The smallest absolute Gasteiger partial charge is 0.262 e. The van der Waals surface area contributed by atoms with E-state index < -0.39 is 17.9 Å². The molecule has 3 amide bonds. The summed E-state index contributed by atoms with van der Waals surface area (Å²) in [6, 6.07) is 12.5. The van der Waals surface area contributed by atoms with E-state index in [4.69, 9.17) is 11.6 Å². The van der Waals surface area contributed by atoms with Crippen LogP contribution in [-0.4, -0.2) is 28.7 Å². The molecule has 0 saturated carbocycles. The van der Waals surface area contributed by atoms with Gasteiger partial charge in [-0.1, -0.05) is 43.5 Å². The molecule has 0 spiro atoms. The number of halogens is 1. The Hall–Kier alpha value is -2.66. The van der Waals surface area contributed by atoms with E-state index in [0.717, 1.165) is 17.7 Å². The third-order valence-electron chi connectivity index (χ3n) is 4.38. The van der Waals surface area contributed by atoms with Gasteiger partial charge in [0.2, 0.25) is 5.91 Å². The van der Waals surface area contributed by atoms with E-state index in [-0.39, 0.29) is 5.91 Å². The van der Waals surface area contributed by atoms with Gasteiger partial charge in [0.1, 0.15) is 6.04 Å². The molecule has 2 aromatic carbocycles. The Labute approximate surface area is 156 Å². The van der Waals surface area contributed by atoms with Crippen LogP contribution >= 0.6 is 11.6 Å². The minimum atomic E-state index is -0.849. The minimum absolute atomic E-state index is 0.346. The summed E-state index contributed by atoms with van der Waals surface area (Å²) in [6.07, 6.45) is 2.00. The average molecular weight is 371 g/mol. The third-order valence-corrected chi connectivity index (χ3v) is 4.63. The van der Waals surface area contributed by atoms with Crippen LogP contribution < -0.4 is 5.32 Å². The number of carbonyl (C=O) groups is 3. The molecule has 0 fully saturated rings. The maximum atomic E-state index is 12.8. The normalized spacial score (nSPS) is 14.3. The molecular weight excluding hydrogens is 352 g/mol. The number of hydrogen-bond acceptors (Lipinski definition) is 3. The van der Waals surface area contributed by atoms with Crippen LogP contribution in [-0.2, 0) is 4.79 Å². The topological polar surface area (TPSA) is 66.5 Å². The number of fused-ring (bicyclic) bond motifs is 1. The summed E-state index contributed by atoms with van der Waals surface area (Å²) in [4.78, 5) is 39.4. The van der Waals surface area contributed by atoms with Crippen molar-refractivity contribution >= 4 is 35.0 Å². The SMILES string of the molecule is CCCC[C@@H](C(=O)Nc1ccc(Cl)cc1)N1C(=O)c2ccccc2C1=O. The summed E-state index contributed by atoms with van der Waals surface area (Å²) in [7, 11) is 0. The lowest BCUT2D eigenvalue weighted by atomic mass is 10.1. The maximum Gasteiger partial charge on any atom is 0.262 e. The lowest BCUT2D eigenvalue weighted by Gasteiger charge is -2.25. The van der Waals surface area contributed by atoms with E-state index in [1.165, 1.54) is 0 Å². The zero-order valence-electron chi connectivity index (χ0n) is 14.4. The van der Waals surface area contributed by atoms with E-state index in [0.29, 0.717) is 28.3 Å². The quantitative estimate of drug-likeness (QED) is 0.777. The molecule has 0 saturated heterocycles. The van der Waals surface area contributed by atoms with Crippen molar-refractivity contribution in [1.82, 2.24) is 4.90 Å². The lowest BCUT2D eigenvalue weighted by molar-refractivity contribution is -0.120. The molecule has 5 nitrogen and oxygen atoms in total. The molecule has 1 atom stereocenters. The van der Waals surface area contributed by atoms with Gasteiger partial charge in [-0.15, -0.1) is 0 Å². The molecule has 0 bridgehead atoms. The highest BCUT2D eigenvalue weighted by Crippen LogP contribution is 2.27. The third kappa shape index (κ3) is 3.48. The Morgan fingerprint density at radius 1 is 1.04 bits per heavy atom. The van der Waals surface area contributed by atoms with E-state index in [9.17, 15) is 14.4 Å². The number of benzene rings is 2. The molecule has 0 radical (unpaired) electrons. The van der Waals surface area contributed by atoms with E-state index in [2.05, 4.69) is 5.32 Å². The average Bonchev–Trinajstić information content (AvgIpc) is 2.89. The van der Waals surface area contributed by atoms with Gasteiger partial charge in [-0.25, -0.2) is 0 Å². The molecule has 2 aromatic rings. The van der Waals surface area contributed by atoms with Crippen molar-refractivity contribution in [2.24, 2.45) is 0 Å². The number of nitrogens with zero attached hydrogens (tertiary/aromatic N) is 1. The Morgan fingerprint density at radius 2 is 1.62 bits per heavy atom. The number of anilines is 1. The molecular formula is C20H19ClN2O3. The molecule has 1 aliphatic rings. The molecule has 134 valence electrons. The van der Waals surface area contributed by atoms with Crippen LogP contribution in [0.2, 0.25) is 5.02 Å². The van der Waals surface area contributed by atoms with Crippen molar-refractivity contribution in [3.63, 3.8) is 0 Å². The Bertz CT molecular complexity index is 813. The van der Waals surface area contributed by atoms with E-state index >= 15 is 0 Å². The van der Waals surface area contributed by atoms with Crippen LogP contribution in [0.1, 0.15) is 46.9 Å². The number of hydrogen-bond donors (Lipinski definition) is 1.